The first kappa shape index (κ1) is 16.3. The van der Waals surface area contributed by atoms with Gasteiger partial charge in [0.1, 0.15) is 0 Å². The molecule has 2 amide bonds. The number of carbonyl (C=O) groups excluding carboxylic acids is 1. The molecule has 0 saturated heterocycles. The van der Waals surface area contributed by atoms with Crippen molar-refractivity contribution in [1.29, 1.82) is 0 Å². The lowest BCUT2D eigenvalue weighted by molar-refractivity contribution is 0.0697. The summed E-state index contributed by atoms with van der Waals surface area (Å²) in [7, 11) is 1.72. The molecule has 0 fully saturated rings. The van der Waals surface area contributed by atoms with Gasteiger partial charge in [-0.1, -0.05) is 24.9 Å². The summed E-state index contributed by atoms with van der Waals surface area (Å²) in [6.45, 7) is 4.03. The molecule has 2 N–H and O–H groups in total. The summed E-state index contributed by atoms with van der Waals surface area (Å²) in [5.41, 5.74) is 0.484. The van der Waals surface area contributed by atoms with Crippen molar-refractivity contribution in [2.75, 3.05) is 12.4 Å². The molecule has 0 bridgehead atoms. The van der Waals surface area contributed by atoms with Crippen LogP contribution in [0, 0.1) is 0 Å². The fourth-order valence-corrected chi connectivity index (χ4v) is 1.99. The van der Waals surface area contributed by atoms with E-state index in [9.17, 15) is 9.59 Å². The van der Waals surface area contributed by atoms with Crippen LogP contribution in [0.2, 0.25) is 5.02 Å². The maximum Gasteiger partial charge on any atom is 0.335 e. The number of nitrogens with zero attached hydrogens (tertiary/aromatic N) is 1. The average Bonchev–Trinajstić information content (AvgIpc) is 2.40. The normalized spacial score (nSPS) is 11.8. The van der Waals surface area contributed by atoms with Gasteiger partial charge in [0, 0.05) is 13.1 Å². The highest BCUT2D eigenvalue weighted by atomic mass is 35.5. The highest BCUT2D eigenvalue weighted by Gasteiger charge is 2.16. The zero-order valence-electron chi connectivity index (χ0n) is 11.8. The van der Waals surface area contributed by atoms with E-state index in [1.807, 2.05) is 6.92 Å². The molecule has 1 atom stereocenters. The number of carboxylic acid groups (broad SMARTS) is 1. The van der Waals surface area contributed by atoms with Crippen molar-refractivity contribution in [3.8, 4) is 0 Å². The molecule has 6 heteroatoms. The third kappa shape index (κ3) is 4.13. The van der Waals surface area contributed by atoms with Gasteiger partial charge in [0.25, 0.3) is 0 Å². The minimum Gasteiger partial charge on any atom is -0.478 e. The summed E-state index contributed by atoms with van der Waals surface area (Å²) >= 11 is 5.97. The van der Waals surface area contributed by atoms with Crippen LogP contribution in [0.4, 0.5) is 10.5 Å². The van der Waals surface area contributed by atoms with Gasteiger partial charge in [0.15, 0.2) is 0 Å². The summed E-state index contributed by atoms with van der Waals surface area (Å²) in [4.78, 5) is 24.4. The first-order chi connectivity index (χ1) is 9.36. The van der Waals surface area contributed by atoms with Crippen LogP contribution in [0.3, 0.4) is 0 Å². The van der Waals surface area contributed by atoms with Crippen LogP contribution in [0.15, 0.2) is 18.2 Å². The van der Waals surface area contributed by atoms with E-state index >= 15 is 0 Å². The van der Waals surface area contributed by atoms with Crippen molar-refractivity contribution >= 4 is 29.3 Å². The molecular formula is C14H19ClN2O3. The van der Waals surface area contributed by atoms with Crippen LogP contribution >= 0.6 is 11.6 Å². The molecule has 1 aromatic rings. The summed E-state index contributed by atoms with van der Waals surface area (Å²) in [5, 5.41) is 11.7. The standard InChI is InChI=1S/C14H19ClN2O3/c1-4-5-9(2)17(3)14(20)16-12-7-6-10(13(18)19)8-11(12)15/h6-9H,4-5H2,1-3H3,(H,16,20)(H,18,19). The monoisotopic (exact) mass is 298 g/mol. The predicted molar refractivity (Wildman–Crippen MR) is 79.6 cm³/mol. The smallest absolute Gasteiger partial charge is 0.335 e. The molecule has 0 heterocycles. The molecule has 0 aliphatic carbocycles. The van der Waals surface area contributed by atoms with E-state index in [0.717, 1.165) is 12.8 Å². The van der Waals surface area contributed by atoms with Gasteiger partial charge in [-0.15, -0.1) is 0 Å². The number of anilines is 1. The Kier molecular flexibility index (Phi) is 5.82. The van der Waals surface area contributed by atoms with Crippen LogP contribution in [-0.4, -0.2) is 35.1 Å². The van der Waals surface area contributed by atoms with E-state index < -0.39 is 5.97 Å². The van der Waals surface area contributed by atoms with Crippen molar-refractivity contribution < 1.29 is 14.7 Å². The number of rotatable bonds is 5. The molecule has 5 nitrogen and oxygen atoms in total. The Bertz CT molecular complexity index is 505. The first-order valence-corrected chi connectivity index (χ1v) is 6.81. The number of aromatic carboxylic acids is 1. The molecule has 1 unspecified atom stereocenters. The Morgan fingerprint density at radius 2 is 2.10 bits per heavy atom. The molecule has 0 spiro atoms. The molecule has 20 heavy (non-hydrogen) atoms. The molecule has 0 aliphatic heterocycles. The van der Waals surface area contributed by atoms with E-state index in [-0.39, 0.29) is 22.7 Å². The van der Waals surface area contributed by atoms with Crippen molar-refractivity contribution in [3.63, 3.8) is 0 Å². The molecule has 1 aromatic carbocycles. The Morgan fingerprint density at radius 1 is 1.45 bits per heavy atom. The molecule has 0 aliphatic rings. The second-order valence-corrected chi connectivity index (χ2v) is 5.09. The number of nitrogens with one attached hydrogen (secondary N) is 1. The number of hydrogen-bond donors (Lipinski definition) is 2. The number of amides is 2. The first-order valence-electron chi connectivity index (χ1n) is 6.43. The lowest BCUT2D eigenvalue weighted by Gasteiger charge is -2.25. The largest absolute Gasteiger partial charge is 0.478 e. The Balaban J connectivity index is 2.78. The molecule has 110 valence electrons. The third-order valence-electron chi connectivity index (χ3n) is 3.15. The van der Waals surface area contributed by atoms with E-state index in [4.69, 9.17) is 16.7 Å². The molecular weight excluding hydrogens is 280 g/mol. The van der Waals surface area contributed by atoms with Gasteiger partial charge in [0.05, 0.1) is 16.3 Å². The van der Waals surface area contributed by atoms with Crippen LogP contribution in [0.5, 0.6) is 0 Å². The summed E-state index contributed by atoms with van der Waals surface area (Å²) in [5.74, 6) is -1.06. The lowest BCUT2D eigenvalue weighted by Crippen LogP contribution is -2.38. The molecule has 1 rings (SSSR count). The van der Waals surface area contributed by atoms with E-state index in [1.165, 1.54) is 18.2 Å². The van der Waals surface area contributed by atoms with Gasteiger partial charge in [-0.3, -0.25) is 0 Å². The van der Waals surface area contributed by atoms with Gasteiger partial charge < -0.3 is 15.3 Å². The van der Waals surface area contributed by atoms with Gasteiger partial charge in [-0.25, -0.2) is 9.59 Å². The number of hydrogen-bond acceptors (Lipinski definition) is 2. The van der Waals surface area contributed by atoms with Crippen LogP contribution in [0.25, 0.3) is 0 Å². The maximum absolute atomic E-state index is 12.0. The second kappa shape index (κ2) is 7.14. The quantitative estimate of drug-likeness (QED) is 0.871. The summed E-state index contributed by atoms with van der Waals surface area (Å²) in [6.07, 6.45) is 1.91. The third-order valence-corrected chi connectivity index (χ3v) is 3.46. The number of urea groups is 1. The van der Waals surface area contributed by atoms with Gasteiger partial charge in [0.2, 0.25) is 0 Å². The zero-order chi connectivity index (χ0) is 15.3. The minimum atomic E-state index is -1.06. The van der Waals surface area contributed by atoms with Gasteiger partial charge in [-0.2, -0.15) is 0 Å². The van der Waals surface area contributed by atoms with Crippen LogP contribution in [0.1, 0.15) is 37.0 Å². The molecule has 0 aromatic heterocycles. The van der Waals surface area contributed by atoms with E-state index in [1.54, 1.807) is 11.9 Å². The fraction of sp³-hybridized carbons (Fsp3) is 0.429. The van der Waals surface area contributed by atoms with Crippen LogP contribution < -0.4 is 5.32 Å². The molecule has 0 radical (unpaired) electrons. The SMILES string of the molecule is CCCC(C)N(C)C(=O)Nc1ccc(C(=O)O)cc1Cl. The average molecular weight is 299 g/mol. The highest BCUT2D eigenvalue weighted by Crippen LogP contribution is 2.23. The van der Waals surface area contributed by atoms with Crippen molar-refractivity contribution in [1.82, 2.24) is 4.90 Å². The van der Waals surface area contributed by atoms with Crippen molar-refractivity contribution in [2.24, 2.45) is 0 Å². The summed E-state index contributed by atoms with van der Waals surface area (Å²) < 4.78 is 0. The van der Waals surface area contributed by atoms with Crippen molar-refractivity contribution in [3.05, 3.63) is 28.8 Å². The number of benzene rings is 1. The summed E-state index contributed by atoms with van der Waals surface area (Å²) in [6, 6.07) is 4.06. The van der Waals surface area contributed by atoms with E-state index in [0.29, 0.717) is 5.69 Å². The minimum absolute atomic E-state index is 0.0840. The van der Waals surface area contributed by atoms with E-state index in [2.05, 4.69) is 12.2 Å². The second-order valence-electron chi connectivity index (χ2n) is 4.68. The fourth-order valence-electron chi connectivity index (χ4n) is 1.76. The predicted octanol–water partition coefficient (Wildman–Crippen LogP) is 3.69. The van der Waals surface area contributed by atoms with Crippen LogP contribution in [-0.2, 0) is 0 Å². The zero-order valence-corrected chi connectivity index (χ0v) is 12.6. The molecule has 0 saturated carbocycles. The maximum atomic E-state index is 12.0. The lowest BCUT2D eigenvalue weighted by atomic mass is 10.2. The Morgan fingerprint density at radius 3 is 2.60 bits per heavy atom. The topological polar surface area (TPSA) is 69.6 Å². The highest BCUT2D eigenvalue weighted by molar-refractivity contribution is 6.34. The van der Waals surface area contributed by atoms with Gasteiger partial charge in [-0.05, 0) is 31.5 Å². The number of carboxylic acids is 1. The van der Waals surface area contributed by atoms with Crippen molar-refractivity contribution in [2.45, 2.75) is 32.7 Å². The Hall–Kier alpha value is -1.75. The van der Waals surface area contributed by atoms with Gasteiger partial charge >= 0.3 is 12.0 Å². The number of halogens is 1. The number of carbonyl (C=O) groups is 2. The Labute approximate surface area is 123 Å².